The lowest BCUT2D eigenvalue weighted by atomic mass is 9.96. The Morgan fingerprint density at radius 1 is 1.18 bits per heavy atom. The number of carbonyl (C=O) groups is 1. The molecule has 2 aliphatic heterocycles. The Morgan fingerprint density at radius 2 is 1.95 bits per heavy atom. The minimum Gasteiger partial charge on any atom is -0.597 e. The summed E-state index contributed by atoms with van der Waals surface area (Å²) < 4.78 is 16.0. The number of amides is 1. The van der Waals surface area contributed by atoms with Gasteiger partial charge in [0.15, 0.2) is 0 Å². The van der Waals surface area contributed by atoms with Crippen LogP contribution < -0.4 is 5.32 Å². The van der Waals surface area contributed by atoms with E-state index in [2.05, 4.69) is 50.4 Å². The largest absolute Gasteiger partial charge is 0.597 e. The second-order valence-electron chi connectivity index (χ2n) is 11.6. The molecule has 0 bridgehead atoms. The minimum atomic E-state index is -1.30. The van der Waals surface area contributed by atoms with E-state index in [0.29, 0.717) is 24.4 Å². The van der Waals surface area contributed by atoms with Crippen LogP contribution in [0.25, 0.3) is 11.3 Å². The Labute approximate surface area is 248 Å². The number of carbonyl (C=O) groups excluding carboxylic acids is 1. The highest BCUT2D eigenvalue weighted by Crippen LogP contribution is 2.45. The van der Waals surface area contributed by atoms with Crippen LogP contribution >= 0.6 is 15.9 Å². The minimum absolute atomic E-state index is 0.0384. The smallest absolute Gasteiger partial charge is 0.270 e. The molecule has 1 fully saturated rings. The molecular weight excluding hydrogens is 588 g/mol. The summed E-state index contributed by atoms with van der Waals surface area (Å²) in [6.07, 6.45) is 1.32. The van der Waals surface area contributed by atoms with E-state index >= 15 is 0 Å². The first-order valence-corrected chi connectivity index (χ1v) is 15.7. The average molecular weight is 626 g/mol. The molecule has 1 amide bonds. The predicted octanol–water partition coefficient (Wildman–Crippen LogP) is 5.22. The lowest BCUT2D eigenvalue weighted by Crippen LogP contribution is -2.42. The lowest BCUT2D eigenvalue weighted by molar-refractivity contribution is 0.0932. The van der Waals surface area contributed by atoms with Crippen molar-refractivity contribution in [1.82, 2.24) is 19.5 Å². The summed E-state index contributed by atoms with van der Waals surface area (Å²) >= 11 is 2.27. The van der Waals surface area contributed by atoms with Crippen LogP contribution in [0, 0.1) is 0 Å². The SMILES string of the molecule is CC(C)(C)[S@@+]([O-])N1Cc2cc(C(=O)NC3CCN(Cc4ccccc4)C3)nc(-c3cccc(Br)c3)c2C1CCO. The van der Waals surface area contributed by atoms with Crippen molar-refractivity contribution in [1.29, 1.82) is 0 Å². The third kappa shape index (κ3) is 6.45. The van der Waals surface area contributed by atoms with E-state index < -0.39 is 16.1 Å². The van der Waals surface area contributed by atoms with E-state index in [-0.39, 0.29) is 24.6 Å². The molecule has 3 aromatic rings. The number of aliphatic hydroxyl groups is 1. The molecule has 0 saturated carbocycles. The molecule has 40 heavy (non-hydrogen) atoms. The predicted molar refractivity (Wildman–Crippen MR) is 163 cm³/mol. The van der Waals surface area contributed by atoms with Crippen LogP contribution in [-0.4, -0.2) is 60.2 Å². The normalized spacial score (nSPS) is 20.4. The van der Waals surface area contributed by atoms with Crippen LogP contribution in [0.15, 0.2) is 65.1 Å². The van der Waals surface area contributed by atoms with E-state index in [1.807, 2.05) is 61.5 Å². The summed E-state index contributed by atoms with van der Waals surface area (Å²) in [6, 6.07) is 19.9. The Kier molecular flexibility index (Phi) is 8.99. The molecule has 0 radical (unpaired) electrons. The van der Waals surface area contributed by atoms with E-state index in [0.717, 1.165) is 47.2 Å². The number of benzene rings is 2. The van der Waals surface area contributed by atoms with E-state index in [9.17, 15) is 14.5 Å². The van der Waals surface area contributed by atoms with Gasteiger partial charge in [-0.1, -0.05) is 58.4 Å². The van der Waals surface area contributed by atoms with Crippen LogP contribution in [0.3, 0.4) is 0 Å². The van der Waals surface area contributed by atoms with Gasteiger partial charge in [-0.2, -0.15) is 0 Å². The summed E-state index contributed by atoms with van der Waals surface area (Å²) in [5.74, 6) is -0.195. The van der Waals surface area contributed by atoms with Gasteiger partial charge in [-0.15, -0.1) is 4.31 Å². The number of hydrogen-bond donors (Lipinski definition) is 2. The summed E-state index contributed by atoms with van der Waals surface area (Å²) in [4.78, 5) is 20.9. The second-order valence-corrected chi connectivity index (χ2v) is 14.7. The highest BCUT2D eigenvalue weighted by Gasteiger charge is 2.45. The zero-order chi connectivity index (χ0) is 28.4. The summed E-state index contributed by atoms with van der Waals surface area (Å²) in [7, 11) is 0. The Morgan fingerprint density at radius 3 is 2.65 bits per heavy atom. The van der Waals surface area contributed by atoms with Crippen molar-refractivity contribution in [2.45, 2.75) is 63.5 Å². The molecule has 5 rings (SSSR count). The molecule has 2 aliphatic rings. The van der Waals surface area contributed by atoms with Gasteiger partial charge in [-0.05, 0) is 62.9 Å². The third-order valence-electron chi connectivity index (χ3n) is 7.48. The molecule has 7 nitrogen and oxygen atoms in total. The lowest BCUT2D eigenvalue weighted by Gasteiger charge is -2.33. The van der Waals surface area contributed by atoms with Crippen molar-refractivity contribution in [3.05, 3.63) is 87.5 Å². The van der Waals surface area contributed by atoms with Crippen molar-refractivity contribution in [2.24, 2.45) is 0 Å². The van der Waals surface area contributed by atoms with Crippen molar-refractivity contribution in [3.63, 3.8) is 0 Å². The molecule has 212 valence electrons. The Balaban J connectivity index is 1.43. The fourth-order valence-corrected chi connectivity index (χ4v) is 7.44. The summed E-state index contributed by atoms with van der Waals surface area (Å²) in [5, 5.41) is 13.2. The number of aromatic nitrogens is 1. The van der Waals surface area contributed by atoms with Crippen LogP contribution in [-0.2, 0) is 24.5 Å². The molecule has 3 atom stereocenters. The maximum absolute atomic E-state index is 13.6. The number of nitrogens with zero attached hydrogens (tertiary/aromatic N) is 3. The molecule has 3 heterocycles. The zero-order valence-corrected chi connectivity index (χ0v) is 25.7. The van der Waals surface area contributed by atoms with Crippen LogP contribution in [0.5, 0.6) is 0 Å². The maximum Gasteiger partial charge on any atom is 0.270 e. The molecule has 9 heteroatoms. The third-order valence-corrected chi connectivity index (χ3v) is 9.83. The molecule has 2 unspecified atom stereocenters. The number of rotatable bonds is 8. The van der Waals surface area contributed by atoms with Gasteiger partial charge in [0.2, 0.25) is 0 Å². The summed E-state index contributed by atoms with van der Waals surface area (Å²) in [5.41, 5.74) is 5.08. The van der Waals surface area contributed by atoms with Gasteiger partial charge >= 0.3 is 0 Å². The highest BCUT2D eigenvalue weighted by molar-refractivity contribution is 9.10. The van der Waals surface area contributed by atoms with Gasteiger partial charge in [0.25, 0.3) is 5.91 Å². The van der Waals surface area contributed by atoms with E-state index in [1.165, 1.54) is 5.56 Å². The van der Waals surface area contributed by atoms with E-state index in [4.69, 9.17) is 4.98 Å². The number of halogens is 1. The molecule has 0 spiro atoms. The van der Waals surface area contributed by atoms with Crippen molar-refractivity contribution in [3.8, 4) is 11.3 Å². The first-order chi connectivity index (χ1) is 19.1. The monoisotopic (exact) mass is 624 g/mol. The summed E-state index contributed by atoms with van der Waals surface area (Å²) in [6.45, 7) is 8.85. The highest BCUT2D eigenvalue weighted by atomic mass is 79.9. The van der Waals surface area contributed by atoms with Crippen LogP contribution in [0.4, 0.5) is 0 Å². The van der Waals surface area contributed by atoms with Gasteiger partial charge in [0, 0.05) is 59.2 Å². The Hall–Kier alpha value is -2.27. The first kappa shape index (κ1) is 29.2. The molecule has 0 aliphatic carbocycles. The van der Waals surface area contributed by atoms with E-state index in [1.54, 1.807) is 0 Å². The van der Waals surface area contributed by atoms with Crippen molar-refractivity contribution >= 4 is 33.2 Å². The molecular formula is C31H37BrN4O3S. The van der Waals surface area contributed by atoms with Crippen molar-refractivity contribution < 1.29 is 14.5 Å². The molecule has 2 N–H and O–H groups in total. The fourth-order valence-electron chi connectivity index (χ4n) is 5.64. The fraction of sp³-hybridized carbons (Fsp3) is 0.419. The van der Waals surface area contributed by atoms with Gasteiger partial charge in [-0.3, -0.25) is 9.69 Å². The molecule has 2 aromatic carbocycles. The van der Waals surface area contributed by atoms with Gasteiger partial charge in [0.05, 0.1) is 18.3 Å². The topological polar surface area (TPSA) is 91.8 Å². The molecule has 1 saturated heterocycles. The van der Waals surface area contributed by atoms with Crippen LogP contribution in [0.1, 0.15) is 66.8 Å². The Bertz CT molecular complexity index is 1350. The van der Waals surface area contributed by atoms with Gasteiger partial charge in [-0.25, -0.2) is 4.98 Å². The zero-order valence-electron chi connectivity index (χ0n) is 23.3. The number of nitrogens with one attached hydrogen (secondary N) is 1. The van der Waals surface area contributed by atoms with Gasteiger partial charge < -0.3 is 15.0 Å². The van der Waals surface area contributed by atoms with Crippen LogP contribution in [0.2, 0.25) is 0 Å². The van der Waals surface area contributed by atoms with Crippen molar-refractivity contribution in [2.75, 3.05) is 19.7 Å². The average Bonchev–Trinajstić information content (AvgIpc) is 3.52. The second kappa shape index (κ2) is 12.3. The quantitative estimate of drug-likeness (QED) is 0.334. The number of hydrogen-bond acceptors (Lipinski definition) is 6. The maximum atomic E-state index is 13.6. The number of pyridine rings is 1. The standard InChI is InChI=1S/C31H37BrN4O3S/c1-31(2,3)40(39)36-19-23-17-26(30(38)33-25-12-14-35(20-25)18-21-8-5-4-6-9-21)34-29(28(23)27(36)13-15-37)22-10-7-11-24(32)16-22/h4-11,16-17,25,27,37H,12-15,18-20H2,1-3H3,(H,33,38)/t25?,27?,40-/m1/s1. The first-order valence-electron chi connectivity index (χ1n) is 13.8. The molecule has 1 aromatic heterocycles. The van der Waals surface area contributed by atoms with Gasteiger partial charge in [0.1, 0.15) is 10.4 Å². The number of fused-ring (bicyclic) bond motifs is 1. The number of aliphatic hydroxyl groups excluding tert-OH is 1. The number of likely N-dealkylation sites (tertiary alicyclic amines) is 1.